The van der Waals surface area contributed by atoms with Crippen molar-refractivity contribution in [2.75, 3.05) is 26.8 Å². The van der Waals surface area contributed by atoms with Crippen LogP contribution in [0.25, 0.3) is 0 Å². The Morgan fingerprint density at radius 3 is 2.25 bits per heavy atom. The van der Waals surface area contributed by atoms with Crippen LogP contribution in [0.2, 0.25) is 0 Å². The fourth-order valence-electron chi connectivity index (χ4n) is 1.41. The molecule has 0 aromatic rings. The van der Waals surface area contributed by atoms with Gasteiger partial charge >= 0.3 is 12.1 Å². The lowest BCUT2D eigenvalue weighted by atomic mass is 9.99. The van der Waals surface area contributed by atoms with E-state index < -0.39 is 12.1 Å². The molecule has 0 bridgehead atoms. The summed E-state index contributed by atoms with van der Waals surface area (Å²) in [6, 6.07) is 0. The molecule has 0 heterocycles. The van der Waals surface area contributed by atoms with Crippen LogP contribution in [0.4, 0.5) is 4.79 Å². The number of carbonyl (C=O) groups is 2. The van der Waals surface area contributed by atoms with E-state index in [1.165, 1.54) is 11.9 Å². The molecule has 0 aliphatic rings. The summed E-state index contributed by atoms with van der Waals surface area (Å²) >= 11 is 0. The number of likely N-dealkylation sites (N-methyl/N-ethyl adjacent to an activating group) is 1. The van der Waals surface area contributed by atoms with Crippen molar-refractivity contribution in [3.8, 4) is 0 Å². The van der Waals surface area contributed by atoms with Crippen LogP contribution in [0.5, 0.6) is 0 Å². The van der Waals surface area contributed by atoms with Crippen LogP contribution in [-0.2, 0) is 14.3 Å². The van der Waals surface area contributed by atoms with E-state index in [9.17, 15) is 9.59 Å². The number of unbranched alkanes of at least 4 members (excludes halogenated alkanes) is 3. The van der Waals surface area contributed by atoms with Crippen LogP contribution in [-0.4, -0.2) is 43.8 Å². The van der Waals surface area contributed by atoms with Gasteiger partial charge in [-0.3, -0.25) is 4.79 Å². The fraction of sp³-hybridized carbons (Fsp3) is 0.867. The Kier molecular flexibility index (Phi) is 9.01. The average molecular weight is 287 g/mol. The number of hydrogen-bond acceptors (Lipinski definition) is 4. The Morgan fingerprint density at radius 2 is 1.70 bits per heavy atom. The molecule has 0 aliphatic carbocycles. The third kappa shape index (κ3) is 10.6. The highest BCUT2D eigenvalue weighted by Crippen LogP contribution is 2.13. The van der Waals surface area contributed by atoms with Gasteiger partial charge in [-0.25, -0.2) is 4.79 Å². The Balaban J connectivity index is 3.80. The van der Waals surface area contributed by atoms with Gasteiger partial charge in [-0.05, 0) is 11.8 Å². The zero-order chi connectivity index (χ0) is 15.6. The summed E-state index contributed by atoms with van der Waals surface area (Å²) < 4.78 is 10.2. The zero-order valence-electron chi connectivity index (χ0n) is 13.5. The van der Waals surface area contributed by atoms with Crippen molar-refractivity contribution in [1.82, 2.24) is 4.90 Å². The van der Waals surface area contributed by atoms with Gasteiger partial charge in [-0.1, -0.05) is 47.0 Å². The molecule has 0 N–H and O–H groups in total. The minimum Gasteiger partial charge on any atom is -0.464 e. The molecule has 0 spiro atoms. The molecule has 0 saturated carbocycles. The lowest BCUT2D eigenvalue weighted by Gasteiger charge is -2.21. The molecular weight excluding hydrogens is 258 g/mol. The normalized spacial score (nSPS) is 11.1. The van der Waals surface area contributed by atoms with Gasteiger partial charge in [0, 0.05) is 7.05 Å². The molecule has 0 unspecified atom stereocenters. The predicted molar refractivity (Wildman–Crippen MR) is 78.5 cm³/mol. The van der Waals surface area contributed by atoms with Gasteiger partial charge in [0.2, 0.25) is 0 Å². The Labute approximate surface area is 122 Å². The Morgan fingerprint density at radius 1 is 1.05 bits per heavy atom. The van der Waals surface area contributed by atoms with E-state index in [1.54, 1.807) is 0 Å². The van der Waals surface area contributed by atoms with Gasteiger partial charge in [0.25, 0.3) is 0 Å². The summed E-state index contributed by atoms with van der Waals surface area (Å²) in [6.07, 6.45) is 3.74. The third-order valence-corrected chi connectivity index (χ3v) is 2.57. The molecule has 0 radical (unpaired) electrons. The van der Waals surface area contributed by atoms with Crippen LogP contribution < -0.4 is 0 Å². The summed E-state index contributed by atoms with van der Waals surface area (Å²) in [7, 11) is 1.53. The van der Waals surface area contributed by atoms with Gasteiger partial charge in [-0.15, -0.1) is 0 Å². The molecule has 0 atom stereocenters. The molecule has 20 heavy (non-hydrogen) atoms. The van der Waals surface area contributed by atoms with Crippen molar-refractivity contribution in [2.24, 2.45) is 5.41 Å². The molecule has 0 fully saturated rings. The molecule has 5 heteroatoms. The van der Waals surface area contributed by atoms with Gasteiger partial charge in [0.15, 0.2) is 0 Å². The molecule has 0 aromatic heterocycles. The van der Waals surface area contributed by atoms with Crippen LogP contribution in [0, 0.1) is 5.41 Å². The maximum Gasteiger partial charge on any atom is 0.410 e. The topological polar surface area (TPSA) is 55.8 Å². The summed E-state index contributed by atoms with van der Waals surface area (Å²) in [5.41, 5.74) is -0.0870. The summed E-state index contributed by atoms with van der Waals surface area (Å²) in [5, 5.41) is 0. The number of rotatable bonds is 8. The Hall–Kier alpha value is -1.26. The standard InChI is InChI=1S/C15H29NO4/c1-6-7-8-9-10-19-13(17)11-16(5)14(18)20-12-15(2,3)4/h6-12H2,1-5H3. The number of hydrogen-bond donors (Lipinski definition) is 0. The zero-order valence-corrected chi connectivity index (χ0v) is 13.5. The highest BCUT2D eigenvalue weighted by molar-refractivity contribution is 5.77. The molecule has 1 amide bonds. The summed E-state index contributed by atoms with van der Waals surface area (Å²) in [4.78, 5) is 24.4. The van der Waals surface area contributed by atoms with Crippen molar-refractivity contribution in [1.29, 1.82) is 0 Å². The van der Waals surface area contributed by atoms with Crippen LogP contribution in [0.1, 0.15) is 53.4 Å². The molecule has 0 saturated heterocycles. The van der Waals surface area contributed by atoms with Crippen LogP contribution in [0.3, 0.4) is 0 Å². The number of amides is 1. The molecule has 0 aromatic carbocycles. The number of nitrogens with zero attached hydrogens (tertiary/aromatic N) is 1. The lowest BCUT2D eigenvalue weighted by Crippen LogP contribution is -2.35. The SMILES string of the molecule is CCCCCCOC(=O)CN(C)C(=O)OCC(C)(C)C. The highest BCUT2D eigenvalue weighted by atomic mass is 16.6. The number of ether oxygens (including phenoxy) is 2. The molecule has 5 nitrogen and oxygen atoms in total. The summed E-state index contributed by atoms with van der Waals surface area (Å²) in [5.74, 6) is -0.392. The molecular formula is C15H29NO4. The van der Waals surface area contributed by atoms with Crippen LogP contribution in [0.15, 0.2) is 0 Å². The minimum atomic E-state index is -0.497. The lowest BCUT2D eigenvalue weighted by molar-refractivity contribution is -0.144. The highest BCUT2D eigenvalue weighted by Gasteiger charge is 2.18. The van der Waals surface area contributed by atoms with Crippen LogP contribution >= 0.6 is 0 Å². The van der Waals surface area contributed by atoms with E-state index >= 15 is 0 Å². The van der Waals surface area contributed by atoms with E-state index in [-0.39, 0.29) is 12.0 Å². The third-order valence-electron chi connectivity index (χ3n) is 2.57. The van der Waals surface area contributed by atoms with Gasteiger partial charge < -0.3 is 14.4 Å². The predicted octanol–water partition coefficient (Wildman–Crippen LogP) is 3.22. The molecule has 0 rings (SSSR count). The van der Waals surface area contributed by atoms with E-state index in [0.29, 0.717) is 13.2 Å². The first-order chi connectivity index (χ1) is 9.26. The molecule has 0 aliphatic heterocycles. The van der Waals surface area contributed by atoms with Crippen molar-refractivity contribution < 1.29 is 19.1 Å². The van der Waals surface area contributed by atoms with Crippen molar-refractivity contribution >= 4 is 12.1 Å². The Bertz CT molecular complexity index is 297. The number of esters is 1. The quantitative estimate of drug-likeness (QED) is 0.508. The second kappa shape index (κ2) is 9.61. The summed E-state index contributed by atoms with van der Waals surface area (Å²) in [6.45, 7) is 8.73. The van der Waals surface area contributed by atoms with Gasteiger partial charge in [-0.2, -0.15) is 0 Å². The minimum absolute atomic E-state index is 0.0727. The first kappa shape index (κ1) is 18.7. The van der Waals surface area contributed by atoms with Crippen molar-refractivity contribution in [3.05, 3.63) is 0 Å². The second-order valence-electron chi connectivity index (χ2n) is 6.25. The van der Waals surface area contributed by atoms with E-state index in [2.05, 4.69) is 6.92 Å². The maximum absolute atomic E-state index is 11.6. The van der Waals surface area contributed by atoms with Gasteiger partial charge in [0.05, 0.1) is 13.2 Å². The first-order valence-electron chi connectivity index (χ1n) is 7.30. The molecule has 118 valence electrons. The first-order valence-corrected chi connectivity index (χ1v) is 7.30. The largest absolute Gasteiger partial charge is 0.464 e. The van der Waals surface area contributed by atoms with E-state index in [4.69, 9.17) is 9.47 Å². The van der Waals surface area contributed by atoms with Crippen molar-refractivity contribution in [3.63, 3.8) is 0 Å². The van der Waals surface area contributed by atoms with Gasteiger partial charge in [0.1, 0.15) is 6.54 Å². The average Bonchev–Trinajstić information content (AvgIpc) is 2.34. The van der Waals surface area contributed by atoms with E-state index in [0.717, 1.165) is 25.7 Å². The van der Waals surface area contributed by atoms with E-state index in [1.807, 2.05) is 20.8 Å². The second-order valence-corrected chi connectivity index (χ2v) is 6.25. The van der Waals surface area contributed by atoms with Crippen molar-refractivity contribution in [2.45, 2.75) is 53.4 Å². The monoisotopic (exact) mass is 287 g/mol. The maximum atomic E-state index is 11.6. The number of carbonyl (C=O) groups excluding carboxylic acids is 2. The smallest absolute Gasteiger partial charge is 0.410 e. The fourth-order valence-corrected chi connectivity index (χ4v) is 1.41.